The first-order chi connectivity index (χ1) is 10.2. The van der Waals surface area contributed by atoms with E-state index in [0.29, 0.717) is 22.0 Å². The molecule has 2 aromatic carbocycles. The molecule has 3 nitrogen and oxygen atoms in total. The summed E-state index contributed by atoms with van der Waals surface area (Å²) in [6, 6.07) is 15.2. The van der Waals surface area contributed by atoms with Crippen LogP contribution in [0, 0.1) is 0 Å². The Hall–Kier alpha value is -1.52. The molecule has 0 radical (unpaired) electrons. The van der Waals surface area contributed by atoms with Gasteiger partial charge >= 0.3 is 0 Å². The van der Waals surface area contributed by atoms with Gasteiger partial charge in [0.05, 0.1) is 11.1 Å². The number of para-hydroxylation sites is 1. The van der Waals surface area contributed by atoms with E-state index in [4.69, 9.17) is 33.5 Å². The molecule has 0 aliphatic carbocycles. The van der Waals surface area contributed by atoms with Crippen LogP contribution in [-0.2, 0) is 6.42 Å². The molecule has 108 valence electrons. The first kappa shape index (κ1) is 14.4. The maximum atomic E-state index is 6.14. The standard InChI is InChI=1S/C16H14Cl2N2O/c17-12-5-1-3-10(7-12)8-14(20-19)15-9-11-4-2-6-13(18)16(11)21-15/h1-7,9,14,20H,8,19H2. The Bertz CT molecular complexity index is 770. The first-order valence-electron chi connectivity index (χ1n) is 6.56. The monoisotopic (exact) mass is 320 g/mol. The third-order valence-corrected chi connectivity index (χ3v) is 3.92. The number of hydrogen-bond acceptors (Lipinski definition) is 3. The average molecular weight is 321 g/mol. The van der Waals surface area contributed by atoms with Crippen molar-refractivity contribution < 1.29 is 4.42 Å². The smallest absolute Gasteiger partial charge is 0.152 e. The van der Waals surface area contributed by atoms with E-state index in [2.05, 4.69) is 5.43 Å². The summed E-state index contributed by atoms with van der Waals surface area (Å²) in [6.07, 6.45) is 0.675. The number of rotatable bonds is 4. The van der Waals surface area contributed by atoms with Crippen LogP contribution in [0.2, 0.25) is 10.0 Å². The molecule has 0 saturated carbocycles. The van der Waals surface area contributed by atoms with Gasteiger partial charge in [-0.3, -0.25) is 5.84 Å². The van der Waals surface area contributed by atoms with E-state index in [9.17, 15) is 0 Å². The van der Waals surface area contributed by atoms with Crippen molar-refractivity contribution in [1.29, 1.82) is 0 Å². The van der Waals surface area contributed by atoms with Gasteiger partial charge in [-0.15, -0.1) is 0 Å². The minimum absolute atomic E-state index is 0.146. The van der Waals surface area contributed by atoms with Crippen LogP contribution in [0.4, 0.5) is 0 Å². The molecule has 0 saturated heterocycles. The molecule has 0 aliphatic rings. The fourth-order valence-corrected chi connectivity index (χ4v) is 2.79. The Morgan fingerprint density at radius 1 is 1.10 bits per heavy atom. The van der Waals surface area contributed by atoms with Crippen molar-refractivity contribution >= 4 is 34.2 Å². The summed E-state index contributed by atoms with van der Waals surface area (Å²) in [4.78, 5) is 0. The predicted octanol–water partition coefficient (Wildman–Crippen LogP) is 4.49. The summed E-state index contributed by atoms with van der Waals surface area (Å²) in [7, 11) is 0. The van der Waals surface area contributed by atoms with Crippen LogP contribution in [0.25, 0.3) is 11.0 Å². The maximum absolute atomic E-state index is 6.14. The SMILES string of the molecule is NNC(Cc1cccc(Cl)c1)c1cc2cccc(Cl)c2o1. The van der Waals surface area contributed by atoms with Crippen LogP contribution in [0.15, 0.2) is 52.9 Å². The molecule has 3 aromatic rings. The lowest BCUT2D eigenvalue weighted by atomic mass is 10.0. The van der Waals surface area contributed by atoms with Gasteiger partial charge in [0.1, 0.15) is 5.76 Å². The molecule has 0 amide bonds. The van der Waals surface area contributed by atoms with E-state index >= 15 is 0 Å². The summed E-state index contributed by atoms with van der Waals surface area (Å²) >= 11 is 12.1. The Balaban J connectivity index is 1.93. The fourth-order valence-electron chi connectivity index (χ4n) is 2.36. The van der Waals surface area contributed by atoms with Gasteiger partial charge in [-0.1, -0.05) is 47.5 Å². The summed E-state index contributed by atoms with van der Waals surface area (Å²) in [6.45, 7) is 0. The lowest BCUT2D eigenvalue weighted by Gasteiger charge is -2.13. The Labute approximate surface area is 132 Å². The van der Waals surface area contributed by atoms with E-state index in [1.54, 1.807) is 6.07 Å². The van der Waals surface area contributed by atoms with Crippen molar-refractivity contribution in [2.45, 2.75) is 12.5 Å². The normalized spacial score (nSPS) is 12.7. The second-order valence-corrected chi connectivity index (χ2v) is 5.70. The molecule has 1 unspecified atom stereocenters. The molecule has 3 N–H and O–H groups in total. The van der Waals surface area contributed by atoms with Crippen LogP contribution >= 0.6 is 23.2 Å². The molecule has 1 aromatic heterocycles. The van der Waals surface area contributed by atoms with Crippen molar-refractivity contribution in [2.75, 3.05) is 0 Å². The summed E-state index contributed by atoms with van der Waals surface area (Å²) in [5.41, 5.74) is 4.55. The largest absolute Gasteiger partial charge is 0.458 e. The summed E-state index contributed by atoms with van der Waals surface area (Å²) in [5.74, 6) is 6.43. The zero-order chi connectivity index (χ0) is 14.8. The van der Waals surface area contributed by atoms with E-state index in [1.807, 2.05) is 42.5 Å². The quantitative estimate of drug-likeness (QED) is 0.550. The molecule has 0 spiro atoms. The van der Waals surface area contributed by atoms with Crippen molar-refractivity contribution in [3.63, 3.8) is 0 Å². The van der Waals surface area contributed by atoms with Crippen LogP contribution < -0.4 is 11.3 Å². The topological polar surface area (TPSA) is 51.2 Å². The number of nitrogens with two attached hydrogens (primary N) is 1. The highest BCUT2D eigenvalue weighted by atomic mass is 35.5. The van der Waals surface area contributed by atoms with Crippen LogP contribution in [0.5, 0.6) is 0 Å². The van der Waals surface area contributed by atoms with Gasteiger partial charge in [-0.2, -0.15) is 0 Å². The highest BCUT2D eigenvalue weighted by Gasteiger charge is 2.17. The maximum Gasteiger partial charge on any atom is 0.152 e. The molecule has 0 aliphatic heterocycles. The minimum atomic E-state index is -0.146. The molecule has 3 rings (SSSR count). The fraction of sp³-hybridized carbons (Fsp3) is 0.125. The van der Waals surface area contributed by atoms with Gasteiger partial charge in [0.2, 0.25) is 0 Å². The Morgan fingerprint density at radius 3 is 2.62 bits per heavy atom. The lowest BCUT2D eigenvalue weighted by Crippen LogP contribution is -2.29. The molecule has 0 fully saturated rings. The zero-order valence-corrected chi connectivity index (χ0v) is 12.7. The molecular weight excluding hydrogens is 307 g/mol. The average Bonchev–Trinajstić information content (AvgIpc) is 2.90. The van der Waals surface area contributed by atoms with Gasteiger partial charge in [-0.25, -0.2) is 5.43 Å². The highest BCUT2D eigenvalue weighted by Crippen LogP contribution is 2.30. The van der Waals surface area contributed by atoms with Crippen molar-refractivity contribution in [3.05, 3.63) is 69.9 Å². The predicted molar refractivity (Wildman–Crippen MR) is 86.4 cm³/mol. The summed E-state index contributed by atoms with van der Waals surface area (Å²) in [5, 5.41) is 2.26. The van der Waals surface area contributed by atoms with Gasteiger partial charge in [0.25, 0.3) is 0 Å². The number of fused-ring (bicyclic) bond motifs is 1. The second kappa shape index (κ2) is 6.08. The number of benzene rings is 2. The van der Waals surface area contributed by atoms with Crippen LogP contribution in [0.1, 0.15) is 17.4 Å². The van der Waals surface area contributed by atoms with Crippen molar-refractivity contribution in [3.8, 4) is 0 Å². The second-order valence-electron chi connectivity index (χ2n) is 4.86. The van der Waals surface area contributed by atoms with E-state index in [0.717, 1.165) is 16.7 Å². The molecule has 0 bridgehead atoms. The number of halogens is 2. The third-order valence-electron chi connectivity index (χ3n) is 3.39. The Morgan fingerprint density at radius 2 is 1.90 bits per heavy atom. The summed E-state index contributed by atoms with van der Waals surface area (Å²) < 4.78 is 5.85. The molecule has 5 heteroatoms. The molecular formula is C16H14Cl2N2O. The van der Waals surface area contributed by atoms with Crippen LogP contribution in [-0.4, -0.2) is 0 Å². The number of nitrogens with one attached hydrogen (secondary N) is 1. The molecule has 1 heterocycles. The van der Waals surface area contributed by atoms with E-state index in [-0.39, 0.29) is 6.04 Å². The third kappa shape index (κ3) is 3.06. The van der Waals surface area contributed by atoms with Crippen molar-refractivity contribution in [2.24, 2.45) is 5.84 Å². The minimum Gasteiger partial charge on any atom is -0.458 e. The lowest BCUT2D eigenvalue weighted by molar-refractivity contribution is 0.434. The number of furan rings is 1. The Kier molecular flexibility index (Phi) is 4.17. The van der Waals surface area contributed by atoms with Gasteiger partial charge in [0, 0.05) is 10.4 Å². The molecule has 21 heavy (non-hydrogen) atoms. The van der Waals surface area contributed by atoms with Gasteiger partial charge in [0.15, 0.2) is 5.58 Å². The number of hydrazine groups is 1. The van der Waals surface area contributed by atoms with Gasteiger partial charge in [-0.05, 0) is 36.2 Å². The van der Waals surface area contributed by atoms with E-state index in [1.165, 1.54) is 0 Å². The number of hydrogen-bond donors (Lipinski definition) is 2. The molecule has 1 atom stereocenters. The van der Waals surface area contributed by atoms with Crippen LogP contribution in [0.3, 0.4) is 0 Å². The van der Waals surface area contributed by atoms with E-state index < -0.39 is 0 Å². The highest BCUT2D eigenvalue weighted by molar-refractivity contribution is 6.34. The zero-order valence-electron chi connectivity index (χ0n) is 11.1. The van der Waals surface area contributed by atoms with Gasteiger partial charge < -0.3 is 4.42 Å². The first-order valence-corrected chi connectivity index (χ1v) is 7.31. The van der Waals surface area contributed by atoms with Crippen molar-refractivity contribution in [1.82, 2.24) is 5.43 Å².